The molecule has 0 aliphatic carbocycles. The van der Waals surface area contributed by atoms with Gasteiger partial charge in [0.25, 0.3) is 0 Å². The molecule has 9 nitrogen and oxygen atoms in total. The molecule has 0 saturated heterocycles. The number of urea groups is 1. The van der Waals surface area contributed by atoms with E-state index in [9.17, 15) is 9.59 Å². The van der Waals surface area contributed by atoms with E-state index in [1.165, 1.54) is 11.8 Å². The van der Waals surface area contributed by atoms with Gasteiger partial charge in [-0.05, 0) is 19.1 Å². The number of nitrogens with zero attached hydrogens (tertiary/aromatic N) is 3. The molecule has 3 amide bonds. The van der Waals surface area contributed by atoms with Gasteiger partial charge in [-0.3, -0.25) is 10.1 Å². The molecule has 0 saturated carbocycles. The van der Waals surface area contributed by atoms with Crippen molar-refractivity contribution in [2.45, 2.75) is 18.6 Å². The Morgan fingerprint density at radius 2 is 2.07 bits per heavy atom. The van der Waals surface area contributed by atoms with Crippen LogP contribution in [0.3, 0.4) is 0 Å². The van der Waals surface area contributed by atoms with Crippen LogP contribution in [0.15, 0.2) is 36.0 Å². The first-order chi connectivity index (χ1) is 13.1. The van der Waals surface area contributed by atoms with Crippen LogP contribution in [-0.4, -0.2) is 45.7 Å². The van der Waals surface area contributed by atoms with Crippen molar-refractivity contribution >= 4 is 29.4 Å². The number of hydrogen-bond donors (Lipinski definition) is 2. The van der Waals surface area contributed by atoms with Crippen molar-refractivity contribution in [3.05, 3.63) is 36.7 Å². The second-order valence-corrected chi connectivity index (χ2v) is 6.52. The van der Waals surface area contributed by atoms with Gasteiger partial charge in [-0.25, -0.2) is 4.79 Å². The zero-order valence-corrected chi connectivity index (χ0v) is 15.5. The molecule has 2 aromatic rings. The number of ether oxygens (including phenoxy) is 2. The van der Waals surface area contributed by atoms with Crippen molar-refractivity contribution < 1.29 is 19.1 Å². The highest BCUT2D eigenvalue weighted by Crippen LogP contribution is 2.32. The minimum Gasteiger partial charge on any atom is -0.486 e. The largest absolute Gasteiger partial charge is 0.486 e. The van der Waals surface area contributed by atoms with E-state index in [4.69, 9.17) is 9.47 Å². The summed E-state index contributed by atoms with van der Waals surface area (Å²) in [7, 11) is 0. The van der Waals surface area contributed by atoms with E-state index >= 15 is 0 Å². The normalized spacial score (nSPS) is 12.3. The summed E-state index contributed by atoms with van der Waals surface area (Å²) in [5, 5.41) is 13.5. The van der Waals surface area contributed by atoms with Gasteiger partial charge in [0, 0.05) is 18.3 Å². The number of amides is 3. The molecule has 0 fully saturated rings. The molecule has 3 rings (SSSR count). The maximum Gasteiger partial charge on any atom is 0.325 e. The quantitative estimate of drug-likeness (QED) is 0.575. The number of fused-ring (bicyclic) bond motifs is 1. The number of aryl methyl sites for hydroxylation is 1. The van der Waals surface area contributed by atoms with Gasteiger partial charge < -0.3 is 19.4 Å². The third-order valence-electron chi connectivity index (χ3n) is 3.60. The van der Waals surface area contributed by atoms with E-state index in [-0.39, 0.29) is 5.75 Å². The zero-order valence-electron chi connectivity index (χ0n) is 14.7. The molecule has 10 heteroatoms. The van der Waals surface area contributed by atoms with Crippen molar-refractivity contribution in [3.8, 4) is 11.5 Å². The van der Waals surface area contributed by atoms with E-state index in [1.807, 2.05) is 11.5 Å². The molecule has 0 unspecified atom stereocenters. The fourth-order valence-corrected chi connectivity index (χ4v) is 3.18. The second kappa shape index (κ2) is 8.58. The highest BCUT2D eigenvalue weighted by Gasteiger charge is 2.15. The van der Waals surface area contributed by atoms with Crippen LogP contribution < -0.4 is 20.1 Å². The summed E-state index contributed by atoms with van der Waals surface area (Å²) in [6.45, 7) is 7.00. The molecule has 0 spiro atoms. The van der Waals surface area contributed by atoms with Crippen LogP contribution in [0.2, 0.25) is 0 Å². The van der Waals surface area contributed by atoms with Crippen molar-refractivity contribution in [3.63, 3.8) is 0 Å². The molecular weight excluding hydrogens is 370 g/mol. The van der Waals surface area contributed by atoms with Crippen molar-refractivity contribution in [1.29, 1.82) is 0 Å². The topological polar surface area (TPSA) is 107 Å². The lowest BCUT2D eigenvalue weighted by Gasteiger charge is -2.19. The van der Waals surface area contributed by atoms with E-state index < -0.39 is 11.9 Å². The summed E-state index contributed by atoms with van der Waals surface area (Å²) in [5.74, 6) is 1.50. The summed E-state index contributed by atoms with van der Waals surface area (Å²) < 4.78 is 12.7. The fourth-order valence-electron chi connectivity index (χ4n) is 2.38. The third kappa shape index (κ3) is 4.79. The lowest BCUT2D eigenvalue weighted by molar-refractivity contribution is -0.117. The van der Waals surface area contributed by atoms with Gasteiger partial charge in [-0.1, -0.05) is 17.8 Å². The predicted octanol–water partition coefficient (Wildman–Crippen LogP) is 1.98. The van der Waals surface area contributed by atoms with Crippen molar-refractivity contribution in [1.82, 2.24) is 20.1 Å². The van der Waals surface area contributed by atoms with E-state index in [0.29, 0.717) is 42.1 Å². The fraction of sp³-hybridized carbons (Fsp3) is 0.294. The smallest absolute Gasteiger partial charge is 0.325 e. The number of carbonyl (C=O) groups is 2. The average molecular weight is 389 g/mol. The molecule has 1 aliphatic heterocycles. The maximum atomic E-state index is 12.0. The standard InChI is InChI=1S/C17H19N5O4S/c1-3-6-22-11(2)20-21-17(22)27-10-15(23)19-16(24)18-12-4-5-13-14(9-12)26-8-7-25-13/h3-5,9H,1,6-8,10H2,2H3,(H2,18,19,23,24). The summed E-state index contributed by atoms with van der Waals surface area (Å²) in [6, 6.07) is 4.40. The maximum absolute atomic E-state index is 12.0. The second-order valence-electron chi connectivity index (χ2n) is 5.58. The number of benzene rings is 1. The van der Waals surface area contributed by atoms with Crippen LogP contribution in [-0.2, 0) is 11.3 Å². The zero-order chi connectivity index (χ0) is 19.2. The molecule has 27 heavy (non-hydrogen) atoms. The summed E-state index contributed by atoms with van der Waals surface area (Å²) in [6.07, 6.45) is 1.72. The van der Waals surface area contributed by atoms with E-state index in [0.717, 1.165) is 5.82 Å². The first-order valence-electron chi connectivity index (χ1n) is 8.21. The third-order valence-corrected chi connectivity index (χ3v) is 4.57. The van der Waals surface area contributed by atoms with Gasteiger partial charge >= 0.3 is 6.03 Å². The van der Waals surface area contributed by atoms with Gasteiger partial charge in [0.2, 0.25) is 5.91 Å². The first-order valence-corrected chi connectivity index (χ1v) is 9.19. The highest BCUT2D eigenvalue weighted by molar-refractivity contribution is 7.99. The first kappa shape index (κ1) is 18.8. The molecule has 2 N–H and O–H groups in total. The molecule has 0 bridgehead atoms. The number of rotatable bonds is 6. The molecule has 0 atom stereocenters. The van der Waals surface area contributed by atoms with Crippen LogP contribution in [0.1, 0.15) is 5.82 Å². The van der Waals surface area contributed by atoms with Gasteiger partial charge in [0.05, 0.1) is 5.75 Å². The molecule has 1 aromatic carbocycles. The lowest BCUT2D eigenvalue weighted by atomic mass is 10.2. The Morgan fingerprint density at radius 1 is 1.30 bits per heavy atom. The Balaban J connectivity index is 1.51. The molecule has 1 aromatic heterocycles. The summed E-state index contributed by atoms with van der Waals surface area (Å²) >= 11 is 1.20. The van der Waals surface area contributed by atoms with E-state index in [1.54, 1.807) is 24.3 Å². The number of allylic oxidation sites excluding steroid dienone is 1. The molecule has 142 valence electrons. The number of aromatic nitrogens is 3. The Labute approximate surface area is 160 Å². The van der Waals surface area contributed by atoms with Crippen LogP contribution in [0, 0.1) is 6.92 Å². The predicted molar refractivity (Wildman–Crippen MR) is 100 cm³/mol. The van der Waals surface area contributed by atoms with Gasteiger partial charge in [0.15, 0.2) is 16.7 Å². The average Bonchev–Trinajstić information content (AvgIpc) is 3.00. The van der Waals surface area contributed by atoms with Gasteiger partial charge in [0.1, 0.15) is 19.0 Å². The Kier molecular flexibility index (Phi) is 5.97. The number of hydrogen-bond acceptors (Lipinski definition) is 7. The number of nitrogens with one attached hydrogen (secondary N) is 2. The SMILES string of the molecule is C=CCn1c(C)nnc1SCC(=O)NC(=O)Nc1ccc2c(c1)OCCO2. The molecule has 2 heterocycles. The van der Waals surface area contributed by atoms with Crippen LogP contribution in [0.4, 0.5) is 10.5 Å². The Morgan fingerprint density at radius 3 is 2.85 bits per heavy atom. The summed E-state index contributed by atoms with van der Waals surface area (Å²) in [5.41, 5.74) is 0.499. The lowest BCUT2D eigenvalue weighted by Crippen LogP contribution is -2.35. The van der Waals surface area contributed by atoms with Crippen molar-refractivity contribution in [2.75, 3.05) is 24.3 Å². The van der Waals surface area contributed by atoms with Gasteiger partial charge in [-0.15, -0.1) is 16.8 Å². The minimum atomic E-state index is -0.624. The highest BCUT2D eigenvalue weighted by atomic mass is 32.2. The number of imide groups is 1. The van der Waals surface area contributed by atoms with Crippen LogP contribution in [0.25, 0.3) is 0 Å². The Hall–Kier alpha value is -3.01. The Bertz CT molecular complexity index is 867. The van der Waals surface area contributed by atoms with Crippen LogP contribution in [0.5, 0.6) is 11.5 Å². The van der Waals surface area contributed by atoms with Gasteiger partial charge in [-0.2, -0.15) is 0 Å². The minimum absolute atomic E-state index is 0.0316. The number of anilines is 1. The van der Waals surface area contributed by atoms with E-state index in [2.05, 4.69) is 27.4 Å². The monoisotopic (exact) mass is 389 g/mol. The number of thioether (sulfide) groups is 1. The number of carbonyl (C=O) groups excluding carboxylic acids is 2. The molecule has 0 radical (unpaired) electrons. The van der Waals surface area contributed by atoms with Crippen molar-refractivity contribution in [2.24, 2.45) is 0 Å². The summed E-state index contributed by atoms with van der Waals surface area (Å²) in [4.78, 5) is 24.0. The molecular formula is C17H19N5O4S. The van der Waals surface area contributed by atoms with Crippen LogP contribution >= 0.6 is 11.8 Å². The molecule has 1 aliphatic rings.